The quantitative estimate of drug-likeness (QED) is 0.489. The minimum absolute atomic E-state index is 0.00268. The predicted octanol–water partition coefficient (Wildman–Crippen LogP) is 4.11. The summed E-state index contributed by atoms with van der Waals surface area (Å²) >= 11 is 0. The molecule has 2 aliphatic heterocycles. The number of pyridine rings is 1. The van der Waals surface area contributed by atoms with E-state index in [0.717, 1.165) is 25.7 Å². The third kappa shape index (κ3) is 6.33. The van der Waals surface area contributed by atoms with Crippen LogP contribution in [0.4, 0.5) is 18.9 Å². The second-order valence-corrected chi connectivity index (χ2v) is 9.14. The largest absolute Gasteiger partial charge is 0.466 e. The molecule has 198 valence electrons. The van der Waals surface area contributed by atoms with E-state index in [2.05, 4.69) is 15.3 Å². The van der Waals surface area contributed by atoms with Crippen LogP contribution in [-0.4, -0.2) is 58.5 Å². The Labute approximate surface area is 207 Å². The van der Waals surface area contributed by atoms with Gasteiger partial charge in [-0.25, -0.2) is 9.67 Å². The SMILES string of the molecule is CCOC(=O)C[C@@H]1CCCN(c2ccc(-c3nnn(C)c3COC3CCCCO3)nc2C(F)(F)F)C1. The van der Waals surface area contributed by atoms with Gasteiger partial charge >= 0.3 is 12.1 Å². The van der Waals surface area contributed by atoms with Crippen molar-refractivity contribution in [1.82, 2.24) is 20.0 Å². The van der Waals surface area contributed by atoms with Gasteiger partial charge in [-0.05, 0) is 57.1 Å². The molecule has 0 saturated carbocycles. The van der Waals surface area contributed by atoms with Crippen molar-refractivity contribution in [3.63, 3.8) is 0 Å². The fourth-order valence-corrected chi connectivity index (χ4v) is 4.71. The number of aromatic nitrogens is 4. The summed E-state index contributed by atoms with van der Waals surface area (Å²) in [4.78, 5) is 17.6. The number of ether oxygens (including phenoxy) is 3. The number of halogens is 3. The molecule has 4 rings (SSSR count). The second-order valence-electron chi connectivity index (χ2n) is 9.14. The summed E-state index contributed by atoms with van der Waals surface area (Å²) in [7, 11) is 1.66. The van der Waals surface area contributed by atoms with Crippen molar-refractivity contribution in [3.05, 3.63) is 23.5 Å². The van der Waals surface area contributed by atoms with Gasteiger partial charge in [-0.2, -0.15) is 13.2 Å². The van der Waals surface area contributed by atoms with Crippen LogP contribution in [0.25, 0.3) is 11.4 Å². The van der Waals surface area contributed by atoms with Crippen LogP contribution in [0.3, 0.4) is 0 Å². The van der Waals surface area contributed by atoms with Crippen molar-refractivity contribution in [1.29, 1.82) is 0 Å². The Hall–Kier alpha value is -2.73. The Morgan fingerprint density at radius 2 is 2.06 bits per heavy atom. The van der Waals surface area contributed by atoms with Crippen molar-refractivity contribution in [2.24, 2.45) is 13.0 Å². The summed E-state index contributed by atoms with van der Waals surface area (Å²) in [5.41, 5.74) is -0.154. The van der Waals surface area contributed by atoms with Crippen LogP contribution >= 0.6 is 0 Å². The second kappa shape index (κ2) is 11.5. The first-order valence-corrected chi connectivity index (χ1v) is 12.4. The third-order valence-electron chi connectivity index (χ3n) is 6.49. The Bertz CT molecular complexity index is 1040. The van der Waals surface area contributed by atoms with Gasteiger partial charge in [0, 0.05) is 26.7 Å². The summed E-state index contributed by atoms with van der Waals surface area (Å²) < 4.78 is 60.4. The molecule has 2 fully saturated rings. The number of nitrogens with zero attached hydrogens (tertiary/aromatic N) is 5. The molecule has 0 amide bonds. The van der Waals surface area contributed by atoms with E-state index in [1.807, 2.05) is 0 Å². The highest BCUT2D eigenvalue weighted by molar-refractivity contribution is 5.70. The molecule has 36 heavy (non-hydrogen) atoms. The van der Waals surface area contributed by atoms with E-state index in [0.29, 0.717) is 31.8 Å². The van der Waals surface area contributed by atoms with E-state index < -0.39 is 11.9 Å². The molecule has 0 aromatic carbocycles. The Balaban J connectivity index is 1.57. The number of rotatable bonds is 8. The van der Waals surface area contributed by atoms with Gasteiger partial charge < -0.3 is 19.1 Å². The number of hydrogen-bond acceptors (Lipinski definition) is 8. The summed E-state index contributed by atoms with van der Waals surface area (Å²) in [6, 6.07) is 2.96. The first-order valence-electron chi connectivity index (χ1n) is 12.4. The molecule has 2 atom stereocenters. The molecule has 2 aromatic heterocycles. The van der Waals surface area contributed by atoms with E-state index in [-0.39, 0.29) is 54.9 Å². The van der Waals surface area contributed by atoms with E-state index in [4.69, 9.17) is 14.2 Å². The van der Waals surface area contributed by atoms with Crippen LogP contribution in [0.2, 0.25) is 0 Å². The highest BCUT2D eigenvalue weighted by Gasteiger charge is 2.39. The first-order chi connectivity index (χ1) is 17.3. The number of carbonyl (C=O) groups excluding carboxylic acids is 1. The monoisotopic (exact) mass is 511 g/mol. The maximum absolute atomic E-state index is 14.2. The Kier molecular flexibility index (Phi) is 8.45. The molecular formula is C24H32F3N5O4. The van der Waals surface area contributed by atoms with E-state index in [1.54, 1.807) is 18.9 Å². The van der Waals surface area contributed by atoms with E-state index in [1.165, 1.54) is 16.8 Å². The van der Waals surface area contributed by atoms with Gasteiger partial charge in [-0.3, -0.25) is 4.79 Å². The molecule has 0 bridgehead atoms. The number of esters is 1. The fourth-order valence-electron chi connectivity index (χ4n) is 4.71. The number of alkyl halides is 3. The molecule has 12 heteroatoms. The standard InChI is InChI=1S/C24H32F3N5O4/c1-3-34-20(33)13-16-7-6-11-32(14-16)18-10-9-17(28-23(18)24(25,26)27)22-19(31(2)30-29-22)15-36-21-8-4-5-12-35-21/h9-10,16,21H,3-8,11-15H2,1-2H3/t16-,21?/m0/s1. The number of carbonyl (C=O) groups is 1. The molecule has 1 unspecified atom stereocenters. The molecule has 0 N–H and O–H groups in total. The number of aryl methyl sites for hydroxylation is 1. The highest BCUT2D eigenvalue weighted by atomic mass is 19.4. The minimum atomic E-state index is -4.67. The van der Waals surface area contributed by atoms with Crippen LogP contribution in [-0.2, 0) is 38.8 Å². The Morgan fingerprint density at radius 3 is 2.78 bits per heavy atom. The predicted molar refractivity (Wildman–Crippen MR) is 124 cm³/mol. The molecule has 4 heterocycles. The van der Waals surface area contributed by atoms with E-state index in [9.17, 15) is 18.0 Å². The number of anilines is 1. The molecule has 0 aliphatic carbocycles. The maximum Gasteiger partial charge on any atom is 0.435 e. The summed E-state index contributed by atoms with van der Waals surface area (Å²) in [5.74, 6) is -0.408. The van der Waals surface area contributed by atoms with Crippen LogP contribution in [0.1, 0.15) is 56.8 Å². The highest BCUT2D eigenvalue weighted by Crippen LogP contribution is 2.38. The molecule has 9 nitrogen and oxygen atoms in total. The average Bonchev–Trinajstić information content (AvgIpc) is 3.23. The summed E-state index contributed by atoms with van der Waals surface area (Å²) in [6.07, 6.45) is -0.665. The van der Waals surface area contributed by atoms with Gasteiger partial charge in [0.1, 0.15) is 5.69 Å². The van der Waals surface area contributed by atoms with Crippen LogP contribution in [0.15, 0.2) is 12.1 Å². The fraction of sp³-hybridized carbons (Fsp3) is 0.667. The summed E-state index contributed by atoms with van der Waals surface area (Å²) in [6.45, 7) is 3.50. The van der Waals surface area contributed by atoms with Crippen LogP contribution in [0.5, 0.6) is 0 Å². The van der Waals surface area contributed by atoms with Crippen molar-refractivity contribution >= 4 is 11.7 Å². The zero-order chi connectivity index (χ0) is 25.7. The number of piperidine rings is 1. The van der Waals surface area contributed by atoms with Gasteiger partial charge in [0.05, 0.1) is 36.7 Å². The first kappa shape index (κ1) is 26.3. The minimum Gasteiger partial charge on any atom is -0.466 e. The van der Waals surface area contributed by atoms with Gasteiger partial charge in [-0.15, -0.1) is 5.10 Å². The molecule has 0 spiro atoms. The van der Waals surface area contributed by atoms with Gasteiger partial charge in [0.15, 0.2) is 12.0 Å². The van der Waals surface area contributed by atoms with Crippen molar-refractivity contribution < 1.29 is 32.2 Å². The molecular weight excluding hydrogens is 479 g/mol. The van der Waals surface area contributed by atoms with Gasteiger partial charge in [-0.1, -0.05) is 5.21 Å². The normalized spacial score (nSPS) is 21.0. The molecule has 2 aromatic rings. The van der Waals surface area contributed by atoms with Gasteiger partial charge in [0.25, 0.3) is 0 Å². The van der Waals surface area contributed by atoms with Crippen molar-refractivity contribution in [3.8, 4) is 11.4 Å². The molecule has 0 radical (unpaired) electrons. The van der Waals surface area contributed by atoms with Gasteiger partial charge in [0.2, 0.25) is 0 Å². The lowest BCUT2D eigenvalue weighted by Crippen LogP contribution is -2.37. The Morgan fingerprint density at radius 1 is 1.22 bits per heavy atom. The van der Waals surface area contributed by atoms with Crippen molar-refractivity contribution in [2.75, 3.05) is 31.2 Å². The van der Waals surface area contributed by atoms with E-state index >= 15 is 0 Å². The molecule has 2 saturated heterocycles. The maximum atomic E-state index is 14.2. The number of hydrogen-bond donors (Lipinski definition) is 0. The zero-order valence-corrected chi connectivity index (χ0v) is 20.6. The van der Waals surface area contributed by atoms with Crippen LogP contribution < -0.4 is 4.90 Å². The smallest absolute Gasteiger partial charge is 0.435 e. The lowest BCUT2D eigenvalue weighted by Gasteiger charge is -2.35. The third-order valence-corrected chi connectivity index (χ3v) is 6.49. The average molecular weight is 512 g/mol. The zero-order valence-electron chi connectivity index (χ0n) is 20.6. The lowest BCUT2D eigenvalue weighted by molar-refractivity contribution is -0.169. The lowest BCUT2D eigenvalue weighted by atomic mass is 9.94. The van der Waals surface area contributed by atoms with Crippen molar-refractivity contribution in [2.45, 2.75) is 64.5 Å². The topological polar surface area (TPSA) is 91.6 Å². The molecule has 2 aliphatic rings. The van der Waals surface area contributed by atoms with Crippen LogP contribution in [0, 0.1) is 5.92 Å². The summed E-state index contributed by atoms with van der Waals surface area (Å²) in [5, 5.41) is 8.06.